The van der Waals surface area contributed by atoms with Crippen LogP contribution in [0.15, 0.2) is 92.2 Å². The molecule has 212 valence electrons. The molecule has 0 aliphatic carbocycles. The van der Waals surface area contributed by atoms with E-state index < -0.39 is 12.0 Å². The van der Waals surface area contributed by atoms with Gasteiger partial charge < -0.3 is 13.9 Å². The number of aromatic nitrogens is 1. The monoisotopic (exact) mass is 618 g/mol. The Morgan fingerprint density at radius 2 is 1.93 bits per heavy atom. The van der Waals surface area contributed by atoms with Gasteiger partial charge in [-0.3, -0.25) is 9.36 Å². The maximum absolute atomic E-state index is 14.1. The fourth-order valence-corrected chi connectivity index (χ4v) is 6.72. The lowest BCUT2D eigenvalue weighted by molar-refractivity contribution is -0.139. The highest BCUT2D eigenvalue weighted by Gasteiger charge is 2.36. The minimum Gasteiger partial charge on any atom is -0.496 e. The number of esters is 1. The molecule has 0 radical (unpaired) electrons. The van der Waals surface area contributed by atoms with Crippen molar-refractivity contribution in [2.24, 2.45) is 4.99 Å². The maximum atomic E-state index is 14.1. The predicted molar refractivity (Wildman–Crippen MR) is 165 cm³/mol. The van der Waals surface area contributed by atoms with Crippen LogP contribution in [0.1, 0.15) is 31.2 Å². The van der Waals surface area contributed by atoms with Crippen molar-refractivity contribution in [3.63, 3.8) is 0 Å². The van der Waals surface area contributed by atoms with Crippen LogP contribution in [0, 0.1) is 0 Å². The largest absolute Gasteiger partial charge is 0.496 e. The minimum atomic E-state index is -0.830. The number of halogens is 2. The Morgan fingerprint density at radius 1 is 1.12 bits per heavy atom. The zero-order chi connectivity index (χ0) is 29.5. The number of thiazole rings is 1. The van der Waals surface area contributed by atoms with Gasteiger partial charge in [-0.25, -0.2) is 9.79 Å². The Bertz CT molecular complexity index is 2090. The van der Waals surface area contributed by atoms with Crippen molar-refractivity contribution in [3.05, 3.63) is 119 Å². The smallest absolute Gasteiger partial charge is 0.338 e. The zero-order valence-corrected chi connectivity index (χ0v) is 25.1. The molecular weight excluding hydrogens is 595 g/mol. The summed E-state index contributed by atoms with van der Waals surface area (Å²) in [5.41, 5.74) is 1.79. The molecule has 0 bridgehead atoms. The van der Waals surface area contributed by atoms with Crippen molar-refractivity contribution >= 4 is 57.4 Å². The number of carbonyl (C=O) groups is 1. The number of hydrogen-bond donors (Lipinski definition) is 0. The first-order chi connectivity index (χ1) is 20.3. The van der Waals surface area contributed by atoms with Gasteiger partial charge in [0.1, 0.15) is 23.3 Å². The van der Waals surface area contributed by atoms with Crippen molar-refractivity contribution in [2.45, 2.75) is 19.9 Å². The van der Waals surface area contributed by atoms with E-state index in [0.717, 1.165) is 10.8 Å². The third-order valence-electron chi connectivity index (χ3n) is 7.04. The lowest BCUT2D eigenvalue weighted by atomic mass is 9.90. The molecule has 0 amide bonds. The van der Waals surface area contributed by atoms with Gasteiger partial charge in [-0.1, -0.05) is 64.9 Å². The summed E-state index contributed by atoms with van der Waals surface area (Å²) < 4.78 is 19.2. The van der Waals surface area contributed by atoms with Gasteiger partial charge in [0.2, 0.25) is 0 Å². The summed E-state index contributed by atoms with van der Waals surface area (Å²) in [6, 6.07) is 19.4. The SMILES string of the molecule is CCOC(=O)C1=C(C)N=c2s/c(=C/c3ccc(-c4ccc(Cl)cc4Cl)o3)c(=O)n2[C@@H]1c1c(OC)ccc2ccccc12. The highest BCUT2D eigenvalue weighted by atomic mass is 35.5. The number of fused-ring (bicyclic) bond motifs is 2. The molecule has 1 aliphatic rings. The van der Waals surface area contributed by atoms with Crippen LogP contribution in [0.5, 0.6) is 5.75 Å². The van der Waals surface area contributed by atoms with E-state index in [1.165, 1.54) is 11.3 Å². The van der Waals surface area contributed by atoms with E-state index in [0.29, 0.717) is 53.5 Å². The molecule has 0 unspecified atom stereocenters. The number of allylic oxidation sites excluding steroid dienone is 1. The van der Waals surface area contributed by atoms with E-state index in [-0.39, 0.29) is 17.7 Å². The van der Waals surface area contributed by atoms with E-state index in [9.17, 15) is 9.59 Å². The average molecular weight is 620 g/mol. The van der Waals surface area contributed by atoms with Gasteiger partial charge in [0, 0.05) is 22.2 Å². The maximum Gasteiger partial charge on any atom is 0.338 e. The molecule has 2 aromatic heterocycles. The number of carbonyl (C=O) groups excluding carboxylic acids is 1. The van der Waals surface area contributed by atoms with Crippen LogP contribution in [0.3, 0.4) is 0 Å². The van der Waals surface area contributed by atoms with Gasteiger partial charge in [0.15, 0.2) is 4.80 Å². The molecule has 10 heteroatoms. The van der Waals surface area contributed by atoms with E-state index in [1.807, 2.05) is 36.4 Å². The molecule has 0 spiro atoms. The van der Waals surface area contributed by atoms with Crippen molar-refractivity contribution in [2.75, 3.05) is 13.7 Å². The summed E-state index contributed by atoms with van der Waals surface area (Å²) in [4.78, 5) is 32.7. The summed E-state index contributed by atoms with van der Waals surface area (Å²) in [5, 5.41) is 2.76. The minimum absolute atomic E-state index is 0.178. The van der Waals surface area contributed by atoms with Gasteiger partial charge in [0.05, 0.1) is 34.5 Å². The zero-order valence-electron chi connectivity index (χ0n) is 22.8. The van der Waals surface area contributed by atoms with Gasteiger partial charge in [-0.05, 0) is 61.0 Å². The third kappa shape index (κ3) is 4.85. The van der Waals surface area contributed by atoms with Crippen LogP contribution in [0.2, 0.25) is 10.0 Å². The molecule has 3 heterocycles. The molecule has 0 saturated heterocycles. The van der Waals surface area contributed by atoms with E-state index in [2.05, 4.69) is 4.99 Å². The molecule has 1 atom stereocenters. The number of methoxy groups -OCH3 is 1. The molecule has 7 nitrogen and oxygen atoms in total. The van der Waals surface area contributed by atoms with Crippen molar-refractivity contribution in [1.29, 1.82) is 0 Å². The normalized spacial score (nSPS) is 15.1. The van der Waals surface area contributed by atoms with Gasteiger partial charge >= 0.3 is 5.97 Å². The van der Waals surface area contributed by atoms with Crippen molar-refractivity contribution in [3.8, 4) is 17.1 Å². The number of nitrogens with zero attached hydrogens (tertiary/aromatic N) is 2. The van der Waals surface area contributed by atoms with E-state index >= 15 is 0 Å². The summed E-state index contributed by atoms with van der Waals surface area (Å²) in [6.45, 7) is 3.67. The summed E-state index contributed by atoms with van der Waals surface area (Å²) >= 11 is 13.6. The van der Waals surface area contributed by atoms with Crippen LogP contribution in [0.25, 0.3) is 28.2 Å². The average Bonchev–Trinajstić information content (AvgIpc) is 3.55. The topological polar surface area (TPSA) is 83.0 Å². The third-order valence-corrected chi connectivity index (χ3v) is 8.57. The molecule has 0 N–H and O–H groups in total. The molecular formula is C32H24Cl2N2O5S. The second-order valence-electron chi connectivity index (χ2n) is 9.53. The highest BCUT2D eigenvalue weighted by Crippen LogP contribution is 2.40. The van der Waals surface area contributed by atoms with Crippen LogP contribution >= 0.6 is 34.5 Å². The van der Waals surface area contributed by atoms with Crippen LogP contribution in [0.4, 0.5) is 0 Å². The molecule has 5 aromatic rings. The quantitative estimate of drug-likeness (QED) is 0.202. The van der Waals surface area contributed by atoms with Crippen LogP contribution in [-0.4, -0.2) is 24.3 Å². The fraction of sp³-hybridized carbons (Fsp3) is 0.156. The number of rotatable bonds is 6. The number of benzene rings is 3. The van der Waals surface area contributed by atoms with Crippen LogP contribution < -0.4 is 19.6 Å². The van der Waals surface area contributed by atoms with Crippen molar-refractivity contribution < 1.29 is 18.7 Å². The van der Waals surface area contributed by atoms with Gasteiger partial charge in [0.25, 0.3) is 5.56 Å². The molecule has 1 aliphatic heterocycles. The standard InChI is InChI=1S/C32H24Cl2N2O5S/c1-4-40-31(38)27-17(2)35-32-36(29(27)28-21-8-6-5-7-18(21)9-13-25(28)39-3)30(37)26(42-32)16-20-11-14-24(41-20)22-12-10-19(33)15-23(22)34/h5-16,29H,4H2,1-3H3/b26-16+/t29-/m0/s1. The Morgan fingerprint density at radius 3 is 2.69 bits per heavy atom. The Balaban J connectivity index is 1.56. The summed E-state index contributed by atoms with van der Waals surface area (Å²) in [5.74, 6) is 1.00. The first kappa shape index (κ1) is 28.0. The predicted octanol–water partition coefficient (Wildman–Crippen LogP) is 6.53. The molecule has 42 heavy (non-hydrogen) atoms. The number of hydrogen-bond acceptors (Lipinski definition) is 7. The summed E-state index contributed by atoms with van der Waals surface area (Å²) in [6.07, 6.45) is 1.66. The van der Waals surface area contributed by atoms with E-state index in [4.69, 9.17) is 37.1 Å². The van der Waals surface area contributed by atoms with Gasteiger partial charge in [-0.15, -0.1) is 0 Å². The first-order valence-electron chi connectivity index (χ1n) is 13.1. The van der Waals surface area contributed by atoms with Crippen LogP contribution in [-0.2, 0) is 9.53 Å². The number of furan rings is 1. The summed E-state index contributed by atoms with van der Waals surface area (Å²) in [7, 11) is 1.57. The second-order valence-corrected chi connectivity index (χ2v) is 11.4. The molecule has 0 saturated carbocycles. The first-order valence-corrected chi connectivity index (χ1v) is 14.7. The molecule has 6 rings (SSSR count). The Labute approximate surface area is 254 Å². The molecule has 0 fully saturated rings. The number of ether oxygens (including phenoxy) is 2. The Kier molecular flexibility index (Phi) is 7.53. The molecule has 3 aromatic carbocycles. The fourth-order valence-electron chi connectivity index (χ4n) is 5.19. The lowest BCUT2D eigenvalue weighted by Crippen LogP contribution is -2.40. The van der Waals surface area contributed by atoms with E-state index in [1.54, 1.807) is 61.9 Å². The lowest BCUT2D eigenvalue weighted by Gasteiger charge is -2.27. The highest BCUT2D eigenvalue weighted by molar-refractivity contribution is 7.07. The van der Waals surface area contributed by atoms with Crippen molar-refractivity contribution in [1.82, 2.24) is 4.57 Å². The second kappa shape index (κ2) is 11.3. The van der Waals surface area contributed by atoms with Gasteiger partial charge in [-0.2, -0.15) is 0 Å². The Hall–Kier alpha value is -4.11.